The van der Waals surface area contributed by atoms with Gasteiger partial charge in [-0.3, -0.25) is 9.59 Å². The number of rotatable bonds is 1. The minimum atomic E-state index is -1.20. The van der Waals surface area contributed by atoms with Gasteiger partial charge >= 0.3 is 5.97 Å². The topological polar surface area (TPSA) is 112 Å². The van der Waals surface area contributed by atoms with Crippen LogP contribution in [0.25, 0.3) is 10.8 Å². The number of benzene rings is 2. The standard InChI is InChI=1S/C16H12O6/c1-6-4-10(17)11-12(13(6)18)14(19)8-3-2-7(16(21)22)5-9(8)15(11)20/h2-3,5-6,19-20H,4H2,1H3,(H,21,22). The zero-order valence-corrected chi connectivity index (χ0v) is 11.6. The molecule has 0 aromatic heterocycles. The molecule has 6 heteroatoms. The molecule has 3 N–H and O–H groups in total. The molecule has 112 valence electrons. The summed E-state index contributed by atoms with van der Waals surface area (Å²) in [7, 11) is 0. The molecule has 0 radical (unpaired) electrons. The zero-order valence-electron chi connectivity index (χ0n) is 11.6. The first kappa shape index (κ1) is 14.1. The van der Waals surface area contributed by atoms with Crippen LogP contribution in [0.5, 0.6) is 11.5 Å². The molecule has 22 heavy (non-hydrogen) atoms. The van der Waals surface area contributed by atoms with Crippen molar-refractivity contribution in [2.45, 2.75) is 13.3 Å². The van der Waals surface area contributed by atoms with Crippen LogP contribution in [0.4, 0.5) is 0 Å². The third-order valence-corrected chi connectivity index (χ3v) is 3.96. The normalized spacial score (nSPS) is 17.6. The minimum Gasteiger partial charge on any atom is -0.507 e. The number of hydrogen-bond acceptors (Lipinski definition) is 5. The number of phenolic OH excluding ortho intramolecular Hbond substituents is 2. The molecule has 1 atom stereocenters. The van der Waals surface area contributed by atoms with Gasteiger partial charge in [-0.1, -0.05) is 6.92 Å². The summed E-state index contributed by atoms with van der Waals surface area (Å²) in [6.07, 6.45) is -0.0526. The lowest BCUT2D eigenvalue weighted by molar-refractivity contribution is 0.0696. The average molecular weight is 300 g/mol. The number of fused-ring (bicyclic) bond motifs is 2. The SMILES string of the molecule is CC1CC(=O)c2c(c(O)c3ccc(C(=O)O)cc3c2O)C1=O. The number of hydrogen-bond donors (Lipinski definition) is 3. The highest BCUT2D eigenvalue weighted by molar-refractivity contribution is 6.22. The molecule has 6 nitrogen and oxygen atoms in total. The first-order valence-corrected chi connectivity index (χ1v) is 6.65. The van der Waals surface area contributed by atoms with E-state index in [9.17, 15) is 24.6 Å². The number of carbonyl (C=O) groups excluding carboxylic acids is 2. The molecule has 0 saturated heterocycles. The lowest BCUT2D eigenvalue weighted by Gasteiger charge is -2.22. The number of carbonyl (C=O) groups is 3. The van der Waals surface area contributed by atoms with E-state index in [2.05, 4.69) is 0 Å². The molecule has 0 fully saturated rings. The van der Waals surface area contributed by atoms with E-state index in [1.165, 1.54) is 18.2 Å². The zero-order chi connectivity index (χ0) is 16.2. The molecule has 0 aliphatic heterocycles. The van der Waals surface area contributed by atoms with E-state index in [4.69, 9.17) is 5.11 Å². The summed E-state index contributed by atoms with van der Waals surface area (Å²) in [6.45, 7) is 1.58. The van der Waals surface area contributed by atoms with Gasteiger partial charge in [-0.25, -0.2) is 4.79 Å². The van der Waals surface area contributed by atoms with Gasteiger partial charge in [0.05, 0.1) is 16.7 Å². The summed E-state index contributed by atoms with van der Waals surface area (Å²) in [6, 6.07) is 3.74. The Balaban J connectivity index is 2.45. The van der Waals surface area contributed by atoms with Crippen LogP contribution in [0.2, 0.25) is 0 Å². The Hall–Kier alpha value is -2.89. The number of Topliss-reactive ketones (excluding diaryl/α,β-unsaturated/α-hetero) is 2. The Labute approximate surface area is 124 Å². The molecule has 0 saturated carbocycles. The summed E-state index contributed by atoms with van der Waals surface area (Å²) in [4.78, 5) is 35.4. The maximum Gasteiger partial charge on any atom is 0.335 e. The lowest BCUT2D eigenvalue weighted by Crippen LogP contribution is -2.25. The third kappa shape index (κ3) is 1.77. The Morgan fingerprint density at radius 2 is 1.73 bits per heavy atom. The van der Waals surface area contributed by atoms with Gasteiger partial charge in [0.1, 0.15) is 11.5 Å². The number of aromatic hydroxyl groups is 2. The molecule has 2 aromatic rings. The monoisotopic (exact) mass is 300 g/mol. The van der Waals surface area contributed by atoms with Crippen molar-refractivity contribution in [3.63, 3.8) is 0 Å². The fourth-order valence-electron chi connectivity index (χ4n) is 2.82. The van der Waals surface area contributed by atoms with Gasteiger partial charge < -0.3 is 15.3 Å². The maximum absolute atomic E-state index is 12.2. The number of carboxylic acids is 1. The van der Waals surface area contributed by atoms with Gasteiger partial charge in [0.2, 0.25) is 0 Å². The highest BCUT2D eigenvalue weighted by atomic mass is 16.4. The summed E-state index contributed by atoms with van der Waals surface area (Å²) >= 11 is 0. The first-order chi connectivity index (χ1) is 10.3. The van der Waals surface area contributed by atoms with Crippen LogP contribution in [-0.2, 0) is 0 Å². The van der Waals surface area contributed by atoms with Crippen molar-refractivity contribution >= 4 is 28.3 Å². The number of carboxylic acid groups (broad SMARTS) is 1. The third-order valence-electron chi connectivity index (χ3n) is 3.96. The van der Waals surface area contributed by atoms with E-state index in [0.717, 1.165) is 0 Å². The van der Waals surface area contributed by atoms with Gasteiger partial charge in [-0.15, -0.1) is 0 Å². The highest BCUT2D eigenvalue weighted by Gasteiger charge is 2.36. The Morgan fingerprint density at radius 3 is 2.36 bits per heavy atom. The largest absolute Gasteiger partial charge is 0.507 e. The molecule has 1 unspecified atom stereocenters. The highest BCUT2D eigenvalue weighted by Crippen LogP contribution is 2.44. The average Bonchev–Trinajstić information content (AvgIpc) is 2.47. The van der Waals surface area contributed by atoms with Crippen LogP contribution < -0.4 is 0 Å². The smallest absolute Gasteiger partial charge is 0.335 e. The Morgan fingerprint density at radius 1 is 1.09 bits per heavy atom. The van der Waals surface area contributed by atoms with E-state index < -0.39 is 35.0 Å². The van der Waals surface area contributed by atoms with Crippen LogP contribution >= 0.6 is 0 Å². The van der Waals surface area contributed by atoms with Gasteiger partial charge in [0.25, 0.3) is 0 Å². The number of ketones is 2. The predicted molar refractivity (Wildman–Crippen MR) is 76.7 cm³/mol. The minimum absolute atomic E-state index is 0.0341. The molecule has 1 aliphatic carbocycles. The Kier molecular flexibility index (Phi) is 2.91. The predicted octanol–water partition coefficient (Wildman–Crippen LogP) is 2.35. The summed E-state index contributed by atoms with van der Waals surface area (Å²) in [5, 5.41) is 29.8. The van der Waals surface area contributed by atoms with E-state index in [0.29, 0.717) is 0 Å². The summed E-state index contributed by atoms with van der Waals surface area (Å²) in [5.41, 5.74) is -0.502. The van der Waals surface area contributed by atoms with Crippen molar-refractivity contribution in [2.24, 2.45) is 5.92 Å². The van der Waals surface area contributed by atoms with Crippen molar-refractivity contribution in [1.82, 2.24) is 0 Å². The molecule has 0 heterocycles. The van der Waals surface area contributed by atoms with Gasteiger partial charge in [-0.05, 0) is 18.2 Å². The molecule has 1 aliphatic rings. The van der Waals surface area contributed by atoms with Crippen LogP contribution in [0, 0.1) is 5.92 Å². The van der Waals surface area contributed by atoms with Gasteiger partial charge in [0, 0.05) is 23.1 Å². The number of aromatic carboxylic acids is 1. The van der Waals surface area contributed by atoms with Crippen molar-refractivity contribution in [1.29, 1.82) is 0 Å². The van der Waals surface area contributed by atoms with E-state index in [1.807, 2.05) is 0 Å². The second-order valence-electron chi connectivity index (χ2n) is 5.41. The van der Waals surface area contributed by atoms with Crippen molar-refractivity contribution in [2.75, 3.05) is 0 Å². The summed E-state index contributed by atoms with van der Waals surface area (Å²) < 4.78 is 0. The van der Waals surface area contributed by atoms with Crippen molar-refractivity contribution < 1.29 is 29.7 Å². The van der Waals surface area contributed by atoms with Crippen molar-refractivity contribution in [3.8, 4) is 11.5 Å². The van der Waals surface area contributed by atoms with E-state index in [1.54, 1.807) is 6.92 Å². The summed E-state index contributed by atoms with van der Waals surface area (Å²) in [5.74, 6) is -3.49. The molecular formula is C16H12O6. The lowest BCUT2D eigenvalue weighted by atomic mass is 9.80. The molecule has 3 rings (SSSR count). The molecular weight excluding hydrogens is 288 g/mol. The fourth-order valence-corrected chi connectivity index (χ4v) is 2.82. The van der Waals surface area contributed by atoms with Gasteiger partial charge in [0.15, 0.2) is 11.6 Å². The first-order valence-electron chi connectivity index (χ1n) is 6.65. The van der Waals surface area contributed by atoms with Gasteiger partial charge in [-0.2, -0.15) is 0 Å². The molecule has 0 spiro atoms. The van der Waals surface area contributed by atoms with Crippen LogP contribution in [0.3, 0.4) is 0 Å². The van der Waals surface area contributed by atoms with E-state index in [-0.39, 0.29) is 33.9 Å². The van der Waals surface area contributed by atoms with Crippen LogP contribution in [0.15, 0.2) is 18.2 Å². The van der Waals surface area contributed by atoms with E-state index >= 15 is 0 Å². The Bertz CT molecular complexity index is 865. The maximum atomic E-state index is 12.2. The molecule has 0 bridgehead atoms. The molecule has 2 aromatic carbocycles. The van der Waals surface area contributed by atoms with Crippen LogP contribution in [-0.4, -0.2) is 32.9 Å². The number of phenols is 2. The molecule has 0 amide bonds. The quantitative estimate of drug-likeness (QED) is 0.697. The second-order valence-corrected chi connectivity index (χ2v) is 5.41. The fraction of sp³-hybridized carbons (Fsp3) is 0.188. The van der Waals surface area contributed by atoms with Crippen LogP contribution in [0.1, 0.15) is 44.4 Å². The second kappa shape index (κ2) is 4.56. The van der Waals surface area contributed by atoms with Crippen molar-refractivity contribution in [3.05, 3.63) is 34.9 Å².